The van der Waals surface area contributed by atoms with E-state index in [2.05, 4.69) is 39.6 Å². The third-order valence-corrected chi connectivity index (χ3v) is 5.60. The lowest BCUT2D eigenvalue weighted by Crippen LogP contribution is -1.96. The summed E-state index contributed by atoms with van der Waals surface area (Å²) in [5, 5.41) is 23.2. The van der Waals surface area contributed by atoms with Crippen molar-refractivity contribution < 1.29 is 9.90 Å². The van der Waals surface area contributed by atoms with Crippen LogP contribution in [0.15, 0.2) is 96.1 Å². The first-order valence-electron chi connectivity index (χ1n) is 10.2. The number of benzene rings is 4. The van der Waals surface area contributed by atoms with E-state index in [1.165, 1.54) is 0 Å². The van der Waals surface area contributed by atoms with E-state index in [-0.39, 0.29) is 5.56 Å². The van der Waals surface area contributed by atoms with Gasteiger partial charge in [-0.3, -0.25) is 0 Å². The van der Waals surface area contributed by atoms with Gasteiger partial charge in [-0.2, -0.15) is 14.9 Å². The average Bonchev–Trinajstić information content (AvgIpc) is 3.23. The fourth-order valence-electron chi connectivity index (χ4n) is 3.63. The van der Waals surface area contributed by atoms with Crippen LogP contribution >= 0.6 is 12.2 Å². The molecule has 2 N–H and O–H groups in total. The molecule has 0 spiro atoms. The van der Waals surface area contributed by atoms with Gasteiger partial charge in [0.2, 0.25) is 4.77 Å². The molecule has 0 amide bonds. The molecule has 5 rings (SSSR count). The number of carboxylic acids is 1. The molecule has 160 valence electrons. The summed E-state index contributed by atoms with van der Waals surface area (Å²) < 4.78 is 2.00. The van der Waals surface area contributed by atoms with Crippen molar-refractivity contribution in [1.29, 1.82) is 0 Å². The molecule has 0 aliphatic rings. The van der Waals surface area contributed by atoms with Crippen LogP contribution in [-0.4, -0.2) is 32.2 Å². The Balaban J connectivity index is 1.43. The lowest BCUT2D eigenvalue weighted by atomic mass is 10.0. The normalized spacial score (nSPS) is 11.3. The molecule has 1 aromatic heterocycles. The molecule has 6 nitrogen and oxygen atoms in total. The summed E-state index contributed by atoms with van der Waals surface area (Å²) in [4.78, 5) is 11.2. The molecule has 0 atom stereocenters. The number of aromatic carboxylic acids is 1. The Morgan fingerprint density at radius 3 is 2.42 bits per heavy atom. The molecule has 0 unspecified atom stereocenters. The summed E-state index contributed by atoms with van der Waals surface area (Å²) in [6.07, 6.45) is 1.72. The number of carbonyl (C=O) groups is 1. The van der Waals surface area contributed by atoms with E-state index < -0.39 is 5.97 Å². The molecule has 0 aliphatic heterocycles. The standard InChI is InChI=1S/C26H18N4O2S/c31-25(32)23-7-3-6-21(15-23)19-10-8-17(9-11-19)16-27-30-24(28-29-26(30)33)22-13-12-18-4-1-2-5-20(18)14-22/h1-16H,(H,29,33)(H,31,32)/b27-16+. The third-order valence-electron chi connectivity index (χ3n) is 5.33. The Hall–Kier alpha value is -4.36. The Morgan fingerprint density at radius 2 is 1.64 bits per heavy atom. The lowest BCUT2D eigenvalue weighted by molar-refractivity contribution is 0.0697. The topological polar surface area (TPSA) is 83.3 Å². The summed E-state index contributed by atoms with van der Waals surface area (Å²) in [5.41, 5.74) is 3.81. The van der Waals surface area contributed by atoms with Gasteiger partial charge in [-0.15, -0.1) is 0 Å². The highest BCUT2D eigenvalue weighted by Gasteiger charge is 2.09. The summed E-state index contributed by atoms with van der Waals surface area (Å²) >= 11 is 5.39. The lowest BCUT2D eigenvalue weighted by Gasteiger charge is -2.05. The minimum absolute atomic E-state index is 0.258. The smallest absolute Gasteiger partial charge is 0.335 e. The van der Waals surface area contributed by atoms with Gasteiger partial charge in [0.05, 0.1) is 11.8 Å². The number of carboxylic acid groups (broad SMARTS) is 1. The van der Waals surface area contributed by atoms with Crippen LogP contribution in [0.5, 0.6) is 0 Å². The number of rotatable bonds is 5. The highest BCUT2D eigenvalue weighted by molar-refractivity contribution is 7.71. The van der Waals surface area contributed by atoms with Crippen molar-refractivity contribution in [3.8, 4) is 22.5 Å². The summed E-state index contributed by atoms with van der Waals surface area (Å²) in [6, 6.07) is 28.8. The predicted molar refractivity (Wildman–Crippen MR) is 132 cm³/mol. The van der Waals surface area contributed by atoms with Gasteiger partial charge in [0, 0.05) is 5.56 Å². The molecule has 0 radical (unpaired) electrons. The predicted octanol–water partition coefficient (Wildman–Crippen LogP) is 6.01. The Labute approximate surface area is 194 Å². The van der Waals surface area contributed by atoms with Crippen molar-refractivity contribution in [3.63, 3.8) is 0 Å². The van der Waals surface area contributed by atoms with Crippen LogP contribution in [-0.2, 0) is 0 Å². The molecule has 0 saturated carbocycles. The van der Waals surface area contributed by atoms with Gasteiger partial charge in [0.25, 0.3) is 0 Å². The molecule has 4 aromatic carbocycles. The van der Waals surface area contributed by atoms with Gasteiger partial charge >= 0.3 is 5.97 Å². The maximum Gasteiger partial charge on any atom is 0.335 e. The first kappa shape index (κ1) is 20.5. The van der Waals surface area contributed by atoms with Crippen LogP contribution in [0.3, 0.4) is 0 Å². The molecular formula is C26H18N4O2S. The second kappa shape index (κ2) is 8.64. The number of aromatic amines is 1. The van der Waals surface area contributed by atoms with E-state index in [1.807, 2.05) is 48.5 Å². The number of nitrogens with zero attached hydrogens (tertiary/aromatic N) is 3. The van der Waals surface area contributed by atoms with E-state index in [0.29, 0.717) is 10.6 Å². The zero-order chi connectivity index (χ0) is 22.8. The number of aromatic nitrogens is 3. The van der Waals surface area contributed by atoms with Gasteiger partial charge in [-0.1, -0.05) is 72.8 Å². The zero-order valence-corrected chi connectivity index (χ0v) is 18.2. The van der Waals surface area contributed by atoms with Gasteiger partial charge in [0.1, 0.15) is 0 Å². The zero-order valence-electron chi connectivity index (χ0n) is 17.3. The summed E-state index contributed by atoms with van der Waals surface area (Å²) in [6.45, 7) is 0. The number of H-pyrrole nitrogens is 1. The average molecular weight is 451 g/mol. The van der Waals surface area contributed by atoms with Crippen molar-refractivity contribution in [2.24, 2.45) is 5.10 Å². The van der Waals surface area contributed by atoms with Crippen LogP contribution in [0, 0.1) is 4.77 Å². The quantitative estimate of drug-likeness (QED) is 0.254. The van der Waals surface area contributed by atoms with E-state index >= 15 is 0 Å². The van der Waals surface area contributed by atoms with E-state index in [4.69, 9.17) is 12.2 Å². The number of hydrogen-bond acceptors (Lipinski definition) is 4. The van der Waals surface area contributed by atoms with Crippen molar-refractivity contribution >= 4 is 35.2 Å². The van der Waals surface area contributed by atoms with Gasteiger partial charge < -0.3 is 5.11 Å². The second-order valence-corrected chi connectivity index (χ2v) is 7.87. The van der Waals surface area contributed by atoms with Crippen LogP contribution in [0.2, 0.25) is 0 Å². The summed E-state index contributed by atoms with van der Waals surface area (Å²) in [7, 11) is 0. The molecule has 7 heteroatoms. The van der Waals surface area contributed by atoms with Gasteiger partial charge in [0.15, 0.2) is 5.82 Å². The molecule has 33 heavy (non-hydrogen) atoms. The Bertz CT molecular complexity index is 1570. The Kier molecular flexibility index (Phi) is 5.38. The van der Waals surface area contributed by atoms with Crippen molar-refractivity contribution in [1.82, 2.24) is 14.9 Å². The van der Waals surface area contributed by atoms with Crippen molar-refractivity contribution in [3.05, 3.63) is 107 Å². The molecule has 0 saturated heterocycles. The highest BCUT2D eigenvalue weighted by Crippen LogP contribution is 2.24. The third kappa shape index (κ3) is 4.22. The second-order valence-electron chi connectivity index (χ2n) is 7.48. The number of nitrogens with one attached hydrogen (secondary N) is 1. The number of hydrogen-bond donors (Lipinski definition) is 2. The molecule has 0 bridgehead atoms. The van der Waals surface area contributed by atoms with Crippen molar-refractivity contribution in [2.45, 2.75) is 0 Å². The van der Waals surface area contributed by atoms with Gasteiger partial charge in [-0.05, 0) is 57.9 Å². The van der Waals surface area contributed by atoms with Crippen LogP contribution < -0.4 is 0 Å². The SMILES string of the molecule is O=C(O)c1cccc(-c2ccc(/C=N/n3c(-c4ccc5ccccc5c4)n[nH]c3=S)cc2)c1. The van der Waals surface area contributed by atoms with E-state index in [9.17, 15) is 9.90 Å². The van der Waals surface area contributed by atoms with Gasteiger partial charge in [-0.25, -0.2) is 9.89 Å². The van der Waals surface area contributed by atoms with Crippen molar-refractivity contribution in [2.75, 3.05) is 0 Å². The monoisotopic (exact) mass is 450 g/mol. The van der Waals surface area contributed by atoms with Crippen LogP contribution in [0.1, 0.15) is 15.9 Å². The van der Waals surface area contributed by atoms with Crippen LogP contribution in [0.4, 0.5) is 0 Å². The molecular weight excluding hydrogens is 432 g/mol. The fourth-order valence-corrected chi connectivity index (χ4v) is 3.81. The minimum atomic E-state index is -0.945. The Morgan fingerprint density at radius 1 is 0.879 bits per heavy atom. The maximum absolute atomic E-state index is 11.2. The first-order chi connectivity index (χ1) is 16.1. The molecule has 0 fully saturated rings. The summed E-state index contributed by atoms with van der Waals surface area (Å²) in [5.74, 6) is -0.316. The van der Waals surface area contributed by atoms with E-state index in [0.717, 1.165) is 33.0 Å². The largest absolute Gasteiger partial charge is 0.478 e. The maximum atomic E-state index is 11.2. The number of fused-ring (bicyclic) bond motifs is 1. The minimum Gasteiger partial charge on any atom is -0.478 e. The van der Waals surface area contributed by atoms with E-state index in [1.54, 1.807) is 29.1 Å². The molecule has 0 aliphatic carbocycles. The molecule has 5 aromatic rings. The fraction of sp³-hybridized carbons (Fsp3) is 0. The van der Waals surface area contributed by atoms with Crippen LogP contribution in [0.25, 0.3) is 33.3 Å². The first-order valence-corrected chi connectivity index (χ1v) is 10.6. The molecule has 1 heterocycles. The highest BCUT2D eigenvalue weighted by atomic mass is 32.1.